The van der Waals surface area contributed by atoms with Crippen molar-refractivity contribution in [2.24, 2.45) is 0 Å². The fraction of sp³-hybridized carbons (Fsp3) is 0.159. The van der Waals surface area contributed by atoms with E-state index in [2.05, 4.69) is 191 Å². The maximum atomic E-state index is 4.69. The number of pyridine rings is 2. The molecule has 4 aromatic heterocycles. The van der Waals surface area contributed by atoms with E-state index in [0.29, 0.717) is 0 Å². The van der Waals surface area contributed by atoms with E-state index in [4.69, 9.17) is 0 Å². The van der Waals surface area contributed by atoms with Gasteiger partial charge in [-0.15, -0.1) is 70.8 Å². The average Bonchev–Trinajstić information content (AvgIpc) is 4.19. The van der Waals surface area contributed by atoms with Crippen molar-refractivity contribution in [3.05, 3.63) is 263 Å². The minimum absolute atomic E-state index is 0. The molecule has 0 aliphatic heterocycles. The van der Waals surface area contributed by atoms with E-state index in [-0.39, 0.29) is 25.5 Å². The van der Waals surface area contributed by atoms with E-state index >= 15 is 0 Å². The van der Waals surface area contributed by atoms with Crippen LogP contribution in [0.3, 0.4) is 0 Å². The first-order chi connectivity index (χ1) is 36.0. The molecule has 2 aliphatic rings. The standard InChI is InChI=1S/C58H48N3.C11H8N.Ir/c1-3-60-54-14-7-5-11-47(54)49-31-38(22-28-56(49)60)16-18-40-20-26-45-46-27-21-41(19-17-39-23-29-57-50(32-39)48-12-6-8-15-55(48)61(57)4-2)34-52(46)58(51(45)33-40)36-43-25-24-42(35-44(43)37-58)53-13-9-10-30-59-53;1-2-6-10(7-3-1)11-8-4-5-9-12-11;/h5-15,20-23,25-35H,3-4,16-19,36-37H2,1-2H3;1-6,8-9H;/q2*-1;. The minimum Gasteiger partial charge on any atom is -0.341 e. The summed E-state index contributed by atoms with van der Waals surface area (Å²) in [5, 5.41) is 5.43. The first kappa shape index (κ1) is 47.3. The molecule has 0 saturated heterocycles. The first-order valence-corrected chi connectivity index (χ1v) is 26.1. The second-order valence-electron chi connectivity index (χ2n) is 20.0. The van der Waals surface area contributed by atoms with Gasteiger partial charge < -0.3 is 19.1 Å². The summed E-state index contributed by atoms with van der Waals surface area (Å²) in [4.78, 5) is 8.91. The van der Waals surface area contributed by atoms with Gasteiger partial charge in [-0.05, 0) is 157 Å². The van der Waals surface area contributed by atoms with Gasteiger partial charge in [0, 0.05) is 94.6 Å². The molecule has 0 fully saturated rings. The van der Waals surface area contributed by atoms with E-state index in [0.717, 1.165) is 74.1 Å². The largest absolute Gasteiger partial charge is 0.341 e. The van der Waals surface area contributed by atoms with Crippen molar-refractivity contribution < 1.29 is 20.1 Å². The third kappa shape index (κ3) is 8.39. The Kier molecular flexibility index (Phi) is 12.8. The number of aryl methyl sites for hydroxylation is 6. The predicted octanol–water partition coefficient (Wildman–Crippen LogP) is 16.0. The number of hydrogen-bond acceptors (Lipinski definition) is 2. The van der Waals surface area contributed by atoms with Crippen molar-refractivity contribution in [1.29, 1.82) is 0 Å². The van der Waals surface area contributed by atoms with E-state index < -0.39 is 0 Å². The summed E-state index contributed by atoms with van der Waals surface area (Å²) >= 11 is 0. The molecule has 4 heterocycles. The van der Waals surface area contributed by atoms with E-state index in [1.807, 2.05) is 54.7 Å². The van der Waals surface area contributed by atoms with Crippen LogP contribution in [0, 0.1) is 12.1 Å². The molecule has 0 N–H and O–H groups in total. The Labute approximate surface area is 447 Å². The number of fused-ring (bicyclic) bond motifs is 12. The summed E-state index contributed by atoms with van der Waals surface area (Å²) in [7, 11) is 0. The van der Waals surface area contributed by atoms with Crippen molar-refractivity contribution in [2.45, 2.75) is 70.9 Å². The van der Waals surface area contributed by atoms with Gasteiger partial charge in [-0.3, -0.25) is 0 Å². The van der Waals surface area contributed by atoms with Crippen molar-refractivity contribution in [3.8, 4) is 33.6 Å². The maximum Gasteiger partial charge on any atom is 0.0491 e. The molecule has 363 valence electrons. The Morgan fingerprint density at radius 2 is 0.905 bits per heavy atom. The van der Waals surface area contributed by atoms with Crippen LogP contribution in [0.4, 0.5) is 0 Å². The van der Waals surface area contributed by atoms with Gasteiger partial charge in [0.2, 0.25) is 0 Å². The second kappa shape index (κ2) is 20.0. The monoisotopic (exact) mass is 1130 g/mol. The molecular formula is C69H56IrN4-2. The quantitative estimate of drug-likeness (QED) is 0.128. The van der Waals surface area contributed by atoms with Gasteiger partial charge in [0.1, 0.15) is 0 Å². The zero-order valence-corrected chi connectivity index (χ0v) is 44.3. The second-order valence-corrected chi connectivity index (χ2v) is 20.0. The van der Waals surface area contributed by atoms with E-state index in [9.17, 15) is 0 Å². The molecule has 5 heteroatoms. The van der Waals surface area contributed by atoms with Crippen molar-refractivity contribution in [2.75, 3.05) is 0 Å². The van der Waals surface area contributed by atoms with Gasteiger partial charge >= 0.3 is 0 Å². The van der Waals surface area contributed by atoms with Crippen molar-refractivity contribution in [1.82, 2.24) is 19.1 Å². The maximum absolute atomic E-state index is 4.69. The summed E-state index contributed by atoms with van der Waals surface area (Å²) in [6.45, 7) is 6.43. The Balaban J connectivity index is 0.000000376. The zero-order chi connectivity index (χ0) is 48.9. The smallest absolute Gasteiger partial charge is 0.0491 e. The average molecular weight is 1130 g/mol. The third-order valence-corrected chi connectivity index (χ3v) is 15.9. The van der Waals surface area contributed by atoms with E-state index in [1.54, 1.807) is 6.20 Å². The molecule has 8 aromatic carbocycles. The van der Waals surface area contributed by atoms with Crippen molar-refractivity contribution >= 4 is 43.6 Å². The van der Waals surface area contributed by atoms with Crippen molar-refractivity contribution in [3.63, 3.8) is 0 Å². The van der Waals surface area contributed by atoms with Gasteiger partial charge in [-0.1, -0.05) is 109 Å². The summed E-state index contributed by atoms with van der Waals surface area (Å²) in [6, 6.07) is 78.1. The molecule has 12 aromatic rings. The summed E-state index contributed by atoms with van der Waals surface area (Å²) < 4.78 is 4.89. The van der Waals surface area contributed by atoms with Crippen LogP contribution in [0.2, 0.25) is 0 Å². The van der Waals surface area contributed by atoms with Crippen LogP contribution < -0.4 is 0 Å². The Bertz CT molecular complexity index is 3790. The molecule has 74 heavy (non-hydrogen) atoms. The van der Waals surface area contributed by atoms with Crippen LogP contribution in [0.15, 0.2) is 207 Å². The van der Waals surface area contributed by atoms with Gasteiger partial charge in [0.05, 0.1) is 0 Å². The van der Waals surface area contributed by atoms with Gasteiger partial charge in [-0.2, -0.15) is 0 Å². The van der Waals surface area contributed by atoms with Crippen LogP contribution in [-0.4, -0.2) is 19.1 Å². The molecule has 4 nitrogen and oxygen atoms in total. The fourth-order valence-electron chi connectivity index (χ4n) is 12.4. The molecular weight excluding hydrogens is 1080 g/mol. The number of hydrogen-bond donors (Lipinski definition) is 0. The molecule has 2 aliphatic carbocycles. The summed E-state index contributed by atoms with van der Waals surface area (Å²) in [6.07, 6.45) is 9.69. The SMILES string of the molecule is CCn1c2ccccc2c2cc(CCc3ccc4c(c3)C3(Cc5c[c-]c(-c6ccccn6)cc5C3)c3cc(CCc5ccc6c(c5)c5ccccc5n6CC)ccc3-4)ccc21.[Ir].[c-]1ccccc1-c1ccccn1. The van der Waals surface area contributed by atoms with Crippen LogP contribution in [0.25, 0.3) is 77.3 Å². The normalized spacial score (nSPS) is 12.9. The van der Waals surface area contributed by atoms with Crippen LogP contribution in [-0.2, 0) is 77.1 Å². The number of nitrogens with zero attached hydrogens (tertiary/aromatic N) is 4. The fourth-order valence-corrected chi connectivity index (χ4v) is 12.4. The van der Waals surface area contributed by atoms with Crippen LogP contribution >= 0.6 is 0 Å². The number of aromatic nitrogens is 4. The van der Waals surface area contributed by atoms with Gasteiger partial charge in [0.25, 0.3) is 0 Å². The number of rotatable bonds is 10. The Hall–Kier alpha value is -7.69. The molecule has 0 unspecified atom stereocenters. The molecule has 0 atom stereocenters. The molecule has 1 radical (unpaired) electrons. The first-order valence-electron chi connectivity index (χ1n) is 26.1. The number of benzene rings is 8. The molecule has 0 amide bonds. The van der Waals surface area contributed by atoms with E-state index in [1.165, 1.54) is 99.2 Å². The van der Waals surface area contributed by atoms with Crippen LogP contribution in [0.1, 0.15) is 58.4 Å². The summed E-state index contributed by atoms with van der Waals surface area (Å²) in [5.74, 6) is 0. The Morgan fingerprint density at radius 1 is 0.432 bits per heavy atom. The molecule has 1 spiro atoms. The number of para-hydroxylation sites is 2. The predicted molar refractivity (Wildman–Crippen MR) is 302 cm³/mol. The summed E-state index contributed by atoms with van der Waals surface area (Å²) in [5.41, 5.74) is 23.5. The topological polar surface area (TPSA) is 35.6 Å². The Morgan fingerprint density at radius 3 is 1.42 bits per heavy atom. The molecule has 0 bridgehead atoms. The van der Waals surface area contributed by atoms with Gasteiger partial charge in [-0.25, -0.2) is 0 Å². The van der Waals surface area contributed by atoms with Gasteiger partial charge in [0.15, 0.2) is 0 Å². The molecule has 14 rings (SSSR count). The zero-order valence-electron chi connectivity index (χ0n) is 41.9. The third-order valence-electron chi connectivity index (χ3n) is 15.9. The van der Waals surface area contributed by atoms with Crippen LogP contribution in [0.5, 0.6) is 0 Å². The minimum atomic E-state index is -0.114. The molecule has 0 saturated carbocycles.